The van der Waals surface area contributed by atoms with Crippen LogP contribution in [0.5, 0.6) is 11.5 Å². The highest BCUT2D eigenvalue weighted by atomic mass is 32.2. The molecule has 2 rings (SSSR count). The van der Waals surface area contributed by atoms with Crippen molar-refractivity contribution in [1.29, 1.82) is 0 Å². The van der Waals surface area contributed by atoms with E-state index in [-0.39, 0.29) is 17.4 Å². The van der Waals surface area contributed by atoms with Crippen LogP contribution < -0.4 is 15.5 Å². The number of aromatic hydroxyl groups is 1. The minimum Gasteiger partial charge on any atom is -0.504 e. The number of nitrogens with zero attached hydrogens (tertiary/aromatic N) is 2. The van der Waals surface area contributed by atoms with Gasteiger partial charge in [-0.25, -0.2) is 10.4 Å². The fourth-order valence-electron chi connectivity index (χ4n) is 1.99. The third kappa shape index (κ3) is 5.82. The van der Waals surface area contributed by atoms with Crippen molar-refractivity contribution in [2.24, 2.45) is 10.1 Å². The third-order valence-electron chi connectivity index (χ3n) is 3.26. The first kappa shape index (κ1) is 19.3. The van der Waals surface area contributed by atoms with Crippen molar-refractivity contribution >= 4 is 40.8 Å². The number of thioether (sulfide) groups is 1. The van der Waals surface area contributed by atoms with E-state index in [1.807, 2.05) is 31.3 Å². The lowest BCUT2D eigenvalue weighted by atomic mass is 10.2. The first-order chi connectivity index (χ1) is 12.6. The Balaban J connectivity index is 1.79. The maximum atomic E-state index is 11.8. The number of rotatable bonds is 8. The number of hydrazone groups is 1. The van der Waals surface area contributed by atoms with Gasteiger partial charge < -0.3 is 15.2 Å². The number of anilines is 1. The molecule has 7 nitrogen and oxygen atoms in total. The Morgan fingerprint density at radius 2 is 2.12 bits per heavy atom. The number of phenolic OH excluding ortho intramolecular Hbond substituents is 1. The van der Waals surface area contributed by atoms with Crippen LogP contribution in [0.3, 0.4) is 0 Å². The fourth-order valence-corrected chi connectivity index (χ4v) is 2.47. The lowest BCUT2D eigenvalue weighted by molar-refractivity contribution is -0.118. The Hall–Kier alpha value is -3.00. The number of carbonyl (C=O) groups excluding carboxylic acids is 1. The number of hydrogen-bond acceptors (Lipinski definition) is 7. The summed E-state index contributed by atoms with van der Waals surface area (Å²) in [6.45, 7) is 0. The van der Waals surface area contributed by atoms with Gasteiger partial charge in [0, 0.05) is 7.05 Å². The summed E-state index contributed by atoms with van der Waals surface area (Å²) in [4.78, 5) is 16.1. The smallest absolute Gasteiger partial charge is 0.250 e. The molecule has 0 aliphatic carbocycles. The molecule has 0 aromatic heterocycles. The first-order valence-corrected chi connectivity index (χ1v) is 8.78. The Kier molecular flexibility index (Phi) is 7.50. The van der Waals surface area contributed by atoms with Gasteiger partial charge in [0.05, 0.1) is 36.0 Å². The summed E-state index contributed by atoms with van der Waals surface area (Å²) >= 11 is 1.27. The molecule has 1 amide bonds. The zero-order valence-electron chi connectivity index (χ0n) is 14.5. The van der Waals surface area contributed by atoms with Gasteiger partial charge in [0.15, 0.2) is 11.5 Å². The van der Waals surface area contributed by atoms with Gasteiger partial charge in [-0.1, -0.05) is 12.1 Å². The highest BCUT2D eigenvalue weighted by Crippen LogP contribution is 2.25. The summed E-state index contributed by atoms with van der Waals surface area (Å²) in [6.07, 6.45) is 1.47. The number of ether oxygens (including phenoxy) is 1. The summed E-state index contributed by atoms with van der Waals surface area (Å²) in [5, 5.41) is 16.5. The second-order valence-electron chi connectivity index (χ2n) is 5.04. The maximum Gasteiger partial charge on any atom is 0.250 e. The highest BCUT2D eigenvalue weighted by Gasteiger charge is 2.02. The van der Waals surface area contributed by atoms with Gasteiger partial charge in [-0.05, 0) is 35.9 Å². The number of benzene rings is 2. The van der Waals surface area contributed by atoms with Crippen LogP contribution in [0.4, 0.5) is 11.4 Å². The van der Waals surface area contributed by atoms with Gasteiger partial charge in [-0.3, -0.25) is 4.79 Å². The van der Waals surface area contributed by atoms with Crippen LogP contribution in [0.25, 0.3) is 0 Å². The monoisotopic (exact) mass is 372 g/mol. The molecule has 0 aliphatic rings. The van der Waals surface area contributed by atoms with E-state index in [1.165, 1.54) is 31.2 Å². The van der Waals surface area contributed by atoms with E-state index < -0.39 is 0 Å². The van der Waals surface area contributed by atoms with Crippen LogP contribution >= 0.6 is 11.8 Å². The van der Waals surface area contributed by atoms with E-state index in [4.69, 9.17) is 4.74 Å². The lowest BCUT2D eigenvalue weighted by Crippen LogP contribution is -2.19. The molecule has 0 bridgehead atoms. The predicted octanol–water partition coefficient (Wildman–Crippen LogP) is 2.99. The summed E-state index contributed by atoms with van der Waals surface area (Å²) in [6, 6.07) is 12.4. The zero-order chi connectivity index (χ0) is 18.8. The number of aliphatic imine (C=N–C) groups is 1. The number of hydrogen-bond donors (Lipinski definition) is 3. The Bertz CT molecular complexity index is 809. The van der Waals surface area contributed by atoms with Crippen molar-refractivity contribution in [1.82, 2.24) is 5.43 Å². The molecule has 0 unspecified atom stereocenters. The Labute approximate surface area is 156 Å². The van der Waals surface area contributed by atoms with Crippen molar-refractivity contribution in [2.45, 2.75) is 0 Å². The largest absolute Gasteiger partial charge is 0.504 e. The van der Waals surface area contributed by atoms with Crippen molar-refractivity contribution in [3.63, 3.8) is 0 Å². The van der Waals surface area contributed by atoms with E-state index in [1.54, 1.807) is 17.7 Å². The quantitative estimate of drug-likeness (QED) is 0.376. The normalized spacial score (nSPS) is 11.0. The number of amides is 1. The van der Waals surface area contributed by atoms with Gasteiger partial charge in [0.25, 0.3) is 0 Å². The van der Waals surface area contributed by atoms with Crippen LogP contribution in [0.1, 0.15) is 5.56 Å². The van der Waals surface area contributed by atoms with Gasteiger partial charge in [-0.2, -0.15) is 5.10 Å². The number of methoxy groups -OCH3 is 1. The Morgan fingerprint density at radius 1 is 1.31 bits per heavy atom. The average molecular weight is 372 g/mol. The van der Waals surface area contributed by atoms with E-state index in [9.17, 15) is 9.90 Å². The van der Waals surface area contributed by atoms with Crippen molar-refractivity contribution in [3.8, 4) is 11.5 Å². The van der Waals surface area contributed by atoms with Gasteiger partial charge >= 0.3 is 0 Å². The van der Waals surface area contributed by atoms with Crippen molar-refractivity contribution in [2.75, 3.05) is 25.2 Å². The number of phenols is 1. The summed E-state index contributed by atoms with van der Waals surface area (Å²) in [5.74, 6) is 0.338. The maximum absolute atomic E-state index is 11.8. The molecule has 2 aromatic carbocycles. The van der Waals surface area contributed by atoms with Gasteiger partial charge in [0.1, 0.15) is 0 Å². The molecule has 0 atom stereocenters. The van der Waals surface area contributed by atoms with Crippen LogP contribution in [0.2, 0.25) is 0 Å². The zero-order valence-corrected chi connectivity index (χ0v) is 15.3. The van der Waals surface area contributed by atoms with Crippen molar-refractivity contribution < 1.29 is 14.6 Å². The second-order valence-corrected chi connectivity index (χ2v) is 5.87. The third-order valence-corrected chi connectivity index (χ3v) is 3.94. The van der Waals surface area contributed by atoms with Gasteiger partial charge in [0.2, 0.25) is 5.91 Å². The molecule has 2 aromatic rings. The molecule has 0 heterocycles. The van der Waals surface area contributed by atoms with E-state index >= 15 is 0 Å². The molecule has 3 N–H and O–H groups in total. The topological polar surface area (TPSA) is 95.3 Å². The molecule has 136 valence electrons. The van der Waals surface area contributed by atoms with Crippen LogP contribution in [-0.4, -0.2) is 42.7 Å². The molecular formula is C18H20N4O3S. The summed E-state index contributed by atoms with van der Waals surface area (Å²) < 4.78 is 5.01. The van der Waals surface area contributed by atoms with E-state index in [0.717, 1.165) is 11.4 Å². The fraction of sp³-hybridized carbons (Fsp3) is 0.167. The minimum atomic E-state index is -0.245. The molecule has 0 saturated heterocycles. The van der Waals surface area contributed by atoms with Crippen LogP contribution in [0, 0.1) is 0 Å². The number of nitrogens with one attached hydrogen (secondary N) is 2. The first-order valence-electron chi connectivity index (χ1n) is 7.74. The Morgan fingerprint density at radius 3 is 2.88 bits per heavy atom. The van der Waals surface area contributed by atoms with Crippen LogP contribution in [0.15, 0.2) is 52.6 Å². The molecule has 8 heteroatoms. The number of para-hydroxylation sites is 2. The molecule has 0 saturated carbocycles. The average Bonchev–Trinajstić information content (AvgIpc) is 2.66. The van der Waals surface area contributed by atoms with Crippen LogP contribution in [-0.2, 0) is 4.79 Å². The molecule has 26 heavy (non-hydrogen) atoms. The molecule has 0 aliphatic heterocycles. The number of carbonyl (C=O) groups is 1. The molecule has 0 radical (unpaired) electrons. The molecule has 0 fully saturated rings. The molecular weight excluding hydrogens is 352 g/mol. The SMILES string of the molecule is CNc1ccccc1N=CSCC(=O)N/N=C/c1ccc(O)c(OC)c1. The van der Waals surface area contributed by atoms with Crippen molar-refractivity contribution in [3.05, 3.63) is 48.0 Å². The van der Waals surface area contributed by atoms with E-state index in [0.29, 0.717) is 11.3 Å². The second kappa shape index (κ2) is 10.1. The lowest BCUT2D eigenvalue weighted by Gasteiger charge is -2.03. The van der Waals surface area contributed by atoms with E-state index in [2.05, 4.69) is 20.8 Å². The summed E-state index contributed by atoms with van der Waals surface area (Å²) in [5.41, 5.74) is 6.49. The standard InChI is InChI=1S/C18H20N4O3S/c1-19-14-5-3-4-6-15(14)20-12-26-11-18(24)22-21-10-13-7-8-16(23)17(9-13)25-2/h3-10,12,19,23H,11H2,1-2H3,(H,22,24)/b20-12?,21-10+. The highest BCUT2D eigenvalue weighted by molar-refractivity contribution is 8.12. The predicted molar refractivity (Wildman–Crippen MR) is 107 cm³/mol. The minimum absolute atomic E-state index is 0.0456. The summed E-state index contributed by atoms with van der Waals surface area (Å²) in [7, 11) is 3.29. The molecule has 0 spiro atoms. The van der Waals surface area contributed by atoms with Gasteiger partial charge in [-0.15, -0.1) is 11.8 Å².